The van der Waals surface area contributed by atoms with E-state index in [9.17, 15) is 13.2 Å². The summed E-state index contributed by atoms with van der Waals surface area (Å²) in [6.07, 6.45) is 0.953. The van der Waals surface area contributed by atoms with Crippen LogP contribution in [-0.2, 0) is 14.8 Å². The van der Waals surface area contributed by atoms with Crippen LogP contribution in [0.5, 0.6) is 0 Å². The Morgan fingerprint density at radius 1 is 1.45 bits per heavy atom. The fourth-order valence-electron chi connectivity index (χ4n) is 2.30. The van der Waals surface area contributed by atoms with Crippen molar-refractivity contribution in [2.45, 2.75) is 23.8 Å². The highest BCUT2D eigenvalue weighted by Crippen LogP contribution is 2.28. The third-order valence-corrected chi connectivity index (χ3v) is 5.21. The summed E-state index contributed by atoms with van der Waals surface area (Å²) in [5.41, 5.74) is 11.0. The first-order valence-electron chi connectivity index (χ1n) is 5.98. The van der Waals surface area contributed by atoms with Crippen LogP contribution in [-0.4, -0.2) is 31.2 Å². The summed E-state index contributed by atoms with van der Waals surface area (Å²) < 4.78 is 26.2. The van der Waals surface area contributed by atoms with E-state index in [4.69, 9.17) is 16.7 Å². The van der Waals surface area contributed by atoms with Crippen LogP contribution < -0.4 is 11.5 Å². The van der Waals surface area contributed by atoms with Gasteiger partial charge in [-0.1, -0.05) is 0 Å². The molecule has 1 saturated heterocycles. The maximum Gasteiger partial charge on any atom is 0.245 e. The molecule has 1 aliphatic rings. The maximum atomic E-state index is 12.6. The van der Waals surface area contributed by atoms with Crippen molar-refractivity contribution in [3.8, 4) is 6.07 Å². The Kier molecular flexibility index (Phi) is 3.65. The molecule has 0 aromatic heterocycles. The number of primary amides is 1. The number of carbonyl (C=O) groups is 1. The van der Waals surface area contributed by atoms with Crippen molar-refractivity contribution in [3.63, 3.8) is 0 Å². The molecule has 7 nitrogen and oxygen atoms in total. The lowest BCUT2D eigenvalue weighted by Crippen LogP contribution is -2.43. The van der Waals surface area contributed by atoms with Gasteiger partial charge in [0.1, 0.15) is 17.0 Å². The van der Waals surface area contributed by atoms with Crippen molar-refractivity contribution in [2.75, 3.05) is 12.3 Å². The van der Waals surface area contributed by atoms with E-state index in [1.807, 2.05) is 6.07 Å². The van der Waals surface area contributed by atoms with Crippen LogP contribution in [0.4, 0.5) is 5.69 Å². The van der Waals surface area contributed by atoms with Gasteiger partial charge in [0.2, 0.25) is 15.9 Å². The molecule has 1 aliphatic heterocycles. The number of rotatable bonds is 3. The van der Waals surface area contributed by atoms with Gasteiger partial charge in [-0.15, -0.1) is 0 Å². The molecule has 106 valence electrons. The number of hydrogen-bond donors (Lipinski definition) is 2. The number of sulfonamides is 1. The Hall–Kier alpha value is -2.11. The first-order valence-corrected chi connectivity index (χ1v) is 7.42. The Bertz CT molecular complexity index is 693. The number of hydrogen-bond acceptors (Lipinski definition) is 5. The number of amides is 1. The summed E-state index contributed by atoms with van der Waals surface area (Å²) >= 11 is 0. The van der Waals surface area contributed by atoms with E-state index in [1.54, 1.807) is 0 Å². The molecule has 0 radical (unpaired) electrons. The molecule has 1 atom stereocenters. The van der Waals surface area contributed by atoms with E-state index in [-0.39, 0.29) is 17.0 Å². The molecule has 1 heterocycles. The van der Waals surface area contributed by atoms with Crippen molar-refractivity contribution in [3.05, 3.63) is 23.8 Å². The number of anilines is 1. The predicted molar refractivity (Wildman–Crippen MR) is 71.7 cm³/mol. The minimum absolute atomic E-state index is 0.0416. The number of nitrogen functional groups attached to an aromatic ring is 1. The zero-order valence-corrected chi connectivity index (χ0v) is 11.4. The van der Waals surface area contributed by atoms with Crippen molar-refractivity contribution in [1.29, 1.82) is 5.26 Å². The average molecular weight is 294 g/mol. The molecule has 1 fully saturated rings. The van der Waals surface area contributed by atoms with E-state index in [1.165, 1.54) is 18.2 Å². The molecule has 20 heavy (non-hydrogen) atoms. The third kappa shape index (κ3) is 2.33. The minimum atomic E-state index is -3.94. The summed E-state index contributed by atoms with van der Waals surface area (Å²) in [7, 11) is -3.94. The molecule has 1 aromatic rings. The molecule has 4 N–H and O–H groups in total. The molecule has 0 bridgehead atoms. The van der Waals surface area contributed by atoms with Crippen LogP contribution in [0.25, 0.3) is 0 Å². The van der Waals surface area contributed by atoms with Gasteiger partial charge in [-0.25, -0.2) is 8.42 Å². The molecular formula is C12H14N4O3S. The van der Waals surface area contributed by atoms with Crippen LogP contribution in [0.15, 0.2) is 23.1 Å². The quantitative estimate of drug-likeness (QED) is 0.744. The van der Waals surface area contributed by atoms with Crippen LogP contribution in [0.2, 0.25) is 0 Å². The van der Waals surface area contributed by atoms with E-state index in [0.29, 0.717) is 18.5 Å². The Morgan fingerprint density at radius 3 is 2.75 bits per heavy atom. The van der Waals surface area contributed by atoms with E-state index >= 15 is 0 Å². The topological polar surface area (TPSA) is 130 Å². The summed E-state index contributed by atoms with van der Waals surface area (Å²) in [6.45, 7) is 0.213. The van der Waals surface area contributed by atoms with Gasteiger partial charge in [-0.2, -0.15) is 9.57 Å². The van der Waals surface area contributed by atoms with Gasteiger partial charge in [-0.3, -0.25) is 4.79 Å². The highest BCUT2D eigenvalue weighted by atomic mass is 32.2. The largest absolute Gasteiger partial charge is 0.399 e. The molecule has 1 unspecified atom stereocenters. The summed E-state index contributed by atoms with van der Waals surface area (Å²) in [6, 6.07) is 4.93. The van der Waals surface area contributed by atoms with Crippen molar-refractivity contribution in [1.82, 2.24) is 4.31 Å². The van der Waals surface area contributed by atoms with E-state index in [0.717, 1.165) is 4.31 Å². The minimum Gasteiger partial charge on any atom is -0.399 e. The van der Waals surface area contributed by atoms with E-state index < -0.39 is 22.0 Å². The number of nitriles is 1. The van der Waals surface area contributed by atoms with Crippen LogP contribution in [0, 0.1) is 11.3 Å². The summed E-state index contributed by atoms with van der Waals surface area (Å²) in [4.78, 5) is 11.2. The van der Waals surface area contributed by atoms with Gasteiger partial charge in [0.25, 0.3) is 0 Å². The standard InChI is InChI=1S/C12H14N4O3S/c13-7-8-6-9(14)3-4-11(8)20(18,19)16-5-1-2-10(16)12(15)17/h3-4,6,10H,1-2,5,14H2,(H2,15,17). The number of nitrogens with zero attached hydrogens (tertiary/aromatic N) is 2. The van der Waals surface area contributed by atoms with Crippen molar-refractivity contribution >= 4 is 21.6 Å². The molecule has 0 aliphatic carbocycles. The highest BCUT2D eigenvalue weighted by molar-refractivity contribution is 7.89. The monoisotopic (exact) mass is 294 g/mol. The molecule has 0 saturated carbocycles. The van der Waals surface area contributed by atoms with Gasteiger partial charge in [-0.05, 0) is 31.0 Å². The third-order valence-electron chi connectivity index (χ3n) is 3.24. The number of benzene rings is 1. The van der Waals surface area contributed by atoms with Gasteiger partial charge in [0, 0.05) is 12.2 Å². The molecule has 2 rings (SSSR count). The molecule has 8 heteroatoms. The predicted octanol–water partition coefficient (Wildman–Crippen LogP) is -0.221. The number of nitrogens with two attached hydrogens (primary N) is 2. The van der Waals surface area contributed by atoms with Crippen molar-refractivity contribution < 1.29 is 13.2 Å². The highest BCUT2D eigenvalue weighted by Gasteiger charge is 2.39. The molecule has 0 spiro atoms. The van der Waals surface area contributed by atoms with Crippen LogP contribution >= 0.6 is 0 Å². The second-order valence-corrected chi connectivity index (χ2v) is 6.40. The summed E-state index contributed by atoms with van der Waals surface area (Å²) in [5.74, 6) is -0.681. The lowest BCUT2D eigenvalue weighted by atomic mass is 10.2. The van der Waals surface area contributed by atoms with Gasteiger partial charge < -0.3 is 11.5 Å². The van der Waals surface area contributed by atoms with Crippen LogP contribution in [0.3, 0.4) is 0 Å². The zero-order chi connectivity index (χ0) is 14.9. The Labute approximate surface area is 116 Å². The Morgan fingerprint density at radius 2 is 2.15 bits per heavy atom. The normalized spacial score (nSPS) is 19.6. The first-order chi connectivity index (χ1) is 9.37. The second kappa shape index (κ2) is 5.11. The van der Waals surface area contributed by atoms with Gasteiger partial charge >= 0.3 is 0 Å². The second-order valence-electron chi connectivity index (χ2n) is 4.54. The lowest BCUT2D eigenvalue weighted by molar-refractivity contribution is -0.121. The van der Waals surface area contributed by atoms with E-state index in [2.05, 4.69) is 0 Å². The fraction of sp³-hybridized carbons (Fsp3) is 0.333. The zero-order valence-electron chi connectivity index (χ0n) is 10.6. The summed E-state index contributed by atoms with van der Waals surface area (Å²) in [5, 5.41) is 9.04. The van der Waals surface area contributed by atoms with Gasteiger partial charge in [0.05, 0.1) is 5.56 Å². The van der Waals surface area contributed by atoms with Crippen molar-refractivity contribution in [2.24, 2.45) is 5.73 Å². The first kappa shape index (κ1) is 14.3. The smallest absolute Gasteiger partial charge is 0.245 e. The van der Waals surface area contributed by atoms with Crippen LogP contribution in [0.1, 0.15) is 18.4 Å². The molecule has 1 amide bonds. The molecule has 1 aromatic carbocycles. The van der Waals surface area contributed by atoms with Gasteiger partial charge in [0.15, 0.2) is 0 Å². The Balaban J connectivity index is 2.51. The SMILES string of the molecule is N#Cc1cc(N)ccc1S(=O)(=O)N1CCCC1C(N)=O. The fourth-order valence-corrected chi connectivity index (χ4v) is 4.09. The number of carbonyl (C=O) groups excluding carboxylic acids is 1. The maximum absolute atomic E-state index is 12.6. The average Bonchev–Trinajstić information content (AvgIpc) is 2.88. The molecular weight excluding hydrogens is 280 g/mol. The lowest BCUT2D eigenvalue weighted by Gasteiger charge is -2.22.